The van der Waals surface area contributed by atoms with E-state index in [1.807, 2.05) is 13.8 Å². The predicted molar refractivity (Wildman–Crippen MR) is 66.7 cm³/mol. The number of Topliss-reactive ketones (excluding diaryl/α,β-unsaturated/α-hetero) is 1. The van der Waals surface area contributed by atoms with Crippen LogP contribution >= 0.6 is 0 Å². The highest BCUT2D eigenvalue weighted by Crippen LogP contribution is 2.47. The molecule has 1 aliphatic rings. The normalized spacial score (nSPS) is 22.3. The number of aryl methyl sites for hydroxylation is 2. The minimum Gasteiger partial charge on any atom is -0.300 e. The first-order valence-corrected chi connectivity index (χ1v) is 6.03. The lowest BCUT2D eigenvalue weighted by molar-refractivity contribution is -0.118. The molecule has 2 aromatic rings. The number of rotatable bonds is 3. The molecule has 0 aliphatic heterocycles. The van der Waals surface area contributed by atoms with Gasteiger partial charge in [-0.3, -0.25) is 4.98 Å². The summed E-state index contributed by atoms with van der Waals surface area (Å²) in [6.45, 7) is 3.84. The first-order valence-electron chi connectivity index (χ1n) is 6.03. The largest absolute Gasteiger partial charge is 0.300 e. The molecule has 2 heterocycles. The maximum atomic E-state index is 11.5. The molecule has 2 atom stereocenters. The van der Waals surface area contributed by atoms with Gasteiger partial charge in [0.2, 0.25) is 0 Å². The molecule has 2 unspecified atom stereocenters. The van der Waals surface area contributed by atoms with Crippen LogP contribution < -0.4 is 0 Å². The van der Waals surface area contributed by atoms with Crippen molar-refractivity contribution in [2.75, 3.05) is 0 Å². The van der Waals surface area contributed by atoms with Gasteiger partial charge in [-0.25, -0.2) is 9.50 Å². The van der Waals surface area contributed by atoms with Crippen molar-refractivity contribution in [3.8, 4) is 0 Å². The highest BCUT2D eigenvalue weighted by Gasteiger charge is 2.45. The standard InChI is InChI=1S/C12H13BN4O/c1-6-5-14-7(2)12-15-11(16-17(6)12)9-3-8(9)10(18)4-13/h5,8-9H,3-4H2,1-2H3. The van der Waals surface area contributed by atoms with Crippen LogP contribution in [0.15, 0.2) is 6.20 Å². The second-order valence-corrected chi connectivity index (χ2v) is 4.81. The fourth-order valence-corrected chi connectivity index (χ4v) is 2.26. The van der Waals surface area contributed by atoms with Gasteiger partial charge >= 0.3 is 0 Å². The van der Waals surface area contributed by atoms with Gasteiger partial charge in [0.1, 0.15) is 5.78 Å². The average Bonchev–Trinajstić information content (AvgIpc) is 3.04. The number of fused-ring (bicyclic) bond motifs is 1. The van der Waals surface area contributed by atoms with E-state index < -0.39 is 0 Å². The lowest BCUT2D eigenvalue weighted by atomic mass is 9.97. The lowest BCUT2D eigenvalue weighted by Gasteiger charge is -1.97. The summed E-state index contributed by atoms with van der Waals surface area (Å²) in [4.78, 5) is 20.3. The summed E-state index contributed by atoms with van der Waals surface area (Å²) in [6.07, 6.45) is 2.70. The molecule has 0 aromatic carbocycles. The second kappa shape index (κ2) is 3.90. The number of hydrogen-bond donors (Lipinski definition) is 0. The van der Waals surface area contributed by atoms with Gasteiger partial charge in [-0.15, -0.1) is 0 Å². The van der Waals surface area contributed by atoms with Crippen molar-refractivity contribution in [2.45, 2.75) is 32.5 Å². The van der Waals surface area contributed by atoms with Crippen LogP contribution in [0.5, 0.6) is 0 Å². The smallest absolute Gasteiger partial charge is 0.177 e. The highest BCUT2D eigenvalue weighted by atomic mass is 16.1. The van der Waals surface area contributed by atoms with Gasteiger partial charge < -0.3 is 4.79 Å². The Morgan fingerprint density at radius 3 is 3.00 bits per heavy atom. The van der Waals surface area contributed by atoms with Crippen LogP contribution in [0.3, 0.4) is 0 Å². The molecule has 0 N–H and O–H groups in total. The molecule has 90 valence electrons. The SMILES string of the molecule is [B]CC(=O)C1CC1c1nc2c(C)ncc(C)n2n1. The Balaban J connectivity index is 1.98. The molecule has 1 aliphatic carbocycles. The summed E-state index contributed by atoms with van der Waals surface area (Å²) < 4.78 is 1.79. The molecule has 2 aromatic heterocycles. The number of aromatic nitrogens is 4. The molecular weight excluding hydrogens is 227 g/mol. The third-order valence-electron chi connectivity index (χ3n) is 3.46. The third-order valence-corrected chi connectivity index (χ3v) is 3.46. The molecular formula is C12H13BN4O. The minimum atomic E-state index is 0.0148. The molecule has 18 heavy (non-hydrogen) atoms. The van der Waals surface area contributed by atoms with Gasteiger partial charge in [0.05, 0.1) is 19.2 Å². The van der Waals surface area contributed by atoms with Crippen molar-refractivity contribution < 1.29 is 4.79 Å². The zero-order valence-electron chi connectivity index (χ0n) is 10.4. The van der Waals surface area contributed by atoms with Gasteiger partial charge in [0, 0.05) is 18.0 Å². The van der Waals surface area contributed by atoms with Crippen molar-refractivity contribution >= 4 is 19.3 Å². The van der Waals surface area contributed by atoms with Crippen LogP contribution in [-0.4, -0.2) is 33.2 Å². The molecule has 3 rings (SSSR count). The van der Waals surface area contributed by atoms with E-state index in [2.05, 4.69) is 15.1 Å². The molecule has 1 fully saturated rings. The van der Waals surface area contributed by atoms with Crippen molar-refractivity contribution in [1.29, 1.82) is 0 Å². The van der Waals surface area contributed by atoms with Crippen molar-refractivity contribution in [1.82, 2.24) is 19.6 Å². The Bertz CT molecular complexity index is 597. The van der Waals surface area contributed by atoms with E-state index in [0.717, 1.165) is 29.3 Å². The summed E-state index contributed by atoms with van der Waals surface area (Å²) >= 11 is 0. The van der Waals surface area contributed by atoms with Crippen LogP contribution in [0.25, 0.3) is 5.65 Å². The average molecular weight is 240 g/mol. The molecule has 0 amide bonds. The quantitative estimate of drug-likeness (QED) is 0.751. The maximum Gasteiger partial charge on any atom is 0.177 e. The minimum absolute atomic E-state index is 0.0148. The van der Waals surface area contributed by atoms with Crippen LogP contribution in [-0.2, 0) is 4.79 Å². The monoisotopic (exact) mass is 240 g/mol. The Morgan fingerprint density at radius 1 is 1.56 bits per heavy atom. The van der Waals surface area contributed by atoms with Gasteiger partial charge in [-0.1, -0.05) is 0 Å². The van der Waals surface area contributed by atoms with Crippen LogP contribution in [0.1, 0.15) is 29.6 Å². The molecule has 2 radical (unpaired) electrons. The third kappa shape index (κ3) is 1.63. The van der Waals surface area contributed by atoms with Crippen molar-refractivity contribution in [2.24, 2.45) is 5.92 Å². The summed E-state index contributed by atoms with van der Waals surface area (Å²) in [7, 11) is 5.37. The van der Waals surface area contributed by atoms with Gasteiger partial charge in [-0.05, 0) is 26.6 Å². The number of carbonyl (C=O) groups is 1. The van der Waals surface area contributed by atoms with Crippen LogP contribution in [0.2, 0.25) is 6.32 Å². The number of carbonyl (C=O) groups excluding carboxylic acids is 1. The maximum absolute atomic E-state index is 11.5. The molecule has 6 heteroatoms. The molecule has 0 spiro atoms. The van der Waals surface area contributed by atoms with E-state index in [1.54, 1.807) is 10.7 Å². The Hall–Kier alpha value is -1.72. The number of ketones is 1. The fraction of sp³-hybridized carbons (Fsp3) is 0.500. The molecule has 0 bridgehead atoms. The van der Waals surface area contributed by atoms with E-state index in [-0.39, 0.29) is 23.9 Å². The first-order chi connectivity index (χ1) is 8.61. The van der Waals surface area contributed by atoms with E-state index in [9.17, 15) is 4.79 Å². The Kier molecular flexibility index (Phi) is 2.46. The topological polar surface area (TPSA) is 60.2 Å². The first kappa shape index (κ1) is 11.4. The summed E-state index contributed by atoms with van der Waals surface area (Å²) in [5.74, 6) is 0.993. The number of hydrogen-bond acceptors (Lipinski definition) is 4. The summed E-state index contributed by atoms with van der Waals surface area (Å²) in [5.41, 5.74) is 2.56. The van der Waals surface area contributed by atoms with Crippen molar-refractivity contribution in [3.63, 3.8) is 0 Å². The summed E-state index contributed by atoms with van der Waals surface area (Å²) in [6, 6.07) is 0. The highest BCUT2D eigenvalue weighted by molar-refractivity contribution is 6.21. The van der Waals surface area contributed by atoms with Gasteiger partial charge in [0.25, 0.3) is 0 Å². The second-order valence-electron chi connectivity index (χ2n) is 4.81. The Morgan fingerprint density at radius 2 is 2.33 bits per heavy atom. The predicted octanol–water partition coefficient (Wildman–Crippen LogP) is 1.00. The Labute approximate surface area is 106 Å². The molecule has 0 saturated heterocycles. The van der Waals surface area contributed by atoms with Crippen LogP contribution in [0.4, 0.5) is 0 Å². The van der Waals surface area contributed by atoms with E-state index >= 15 is 0 Å². The van der Waals surface area contributed by atoms with Gasteiger partial charge in [0.15, 0.2) is 11.5 Å². The fourth-order valence-electron chi connectivity index (χ4n) is 2.26. The summed E-state index contributed by atoms with van der Waals surface area (Å²) in [5, 5.41) is 4.47. The van der Waals surface area contributed by atoms with Crippen LogP contribution in [0, 0.1) is 19.8 Å². The van der Waals surface area contributed by atoms with E-state index in [4.69, 9.17) is 7.85 Å². The van der Waals surface area contributed by atoms with Gasteiger partial charge in [-0.2, -0.15) is 5.10 Å². The van der Waals surface area contributed by atoms with E-state index in [1.165, 1.54) is 0 Å². The number of nitrogens with zero attached hydrogens (tertiary/aromatic N) is 4. The lowest BCUT2D eigenvalue weighted by Crippen LogP contribution is -2.01. The zero-order valence-corrected chi connectivity index (χ0v) is 10.4. The van der Waals surface area contributed by atoms with Crippen molar-refractivity contribution in [3.05, 3.63) is 23.4 Å². The zero-order chi connectivity index (χ0) is 12.9. The van der Waals surface area contributed by atoms with E-state index in [0.29, 0.717) is 0 Å². The molecule has 1 saturated carbocycles. The molecule has 5 nitrogen and oxygen atoms in total.